The number of hydrogen-bond donors (Lipinski definition) is 1. The molecule has 0 aliphatic carbocycles. The average Bonchev–Trinajstić information content (AvgIpc) is 2.33. The topological polar surface area (TPSA) is 49.6 Å². The van der Waals surface area contributed by atoms with Gasteiger partial charge in [0.05, 0.1) is 0 Å². The molecule has 0 aliphatic heterocycles. The van der Waals surface area contributed by atoms with Crippen LogP contribution in [0.3, 0.4) is 0 Å². The highest BCUT2D eigenvalue weighted by Gasteiger charge is 2.08. The van der Waals surface area contributed by atoms with Gasteiger partial charge in [0.1, 0.15) is 0 Å². The fourth-order valence-electron chi connectivity index (χ4n) is 1.78. The molecule has 0 aromatic heterocycles. The van der Waals surface area contributed by atoms with E-state index < -0.39 is 0 Å². The van der Waals surface area contributed by atoms with Gasteiger partial charge in [-0.05, 0) is 24.2 Å². The summed E-state index contributed by atoms with van der Waals surface area (Å²) in [5, 5.41) is 0. The Morgan fingerprint density at radius 3 is 2.61 bits per heavy atom. The van der Waals surface area contributed by atoms with Crippen LogP contribution in [0.15, 0.2) is 24.3 Å². The number of nitrogens with zero attached hydrogens (tertiary/aromatic N) is 2. The number of nitrogens with two attached hydrogens (primary N) is 1. The Hall–Kier alpha value is -1.55. The molecule has 0 unspecified atom stereocenters. The fraction of sp³-hybridized carbons (Fsp3) is 0.500. The minimum Gasteiger partial charge on any atom is -0.399 e. The second kappa shape index (κ2) is 7.01. The second-order valence-corrected chi connectivity index (χ2v) is 4.65. The predicted molar refractivity (Wildman–Crippen MR) is 75.1 cm³/mol. The number of carbonyl (C=O) groups excluding carboxylic acids is 1. The third-order valence-corrected chi connectivity index (χ3v) is 2.95. The van der Waals surface area contributed by atoms with Crippen molar-refractivity contribution < 1.29 is 4.79 Å². The molecule has 18 heavy (non-hydrogen) atoms. The van der Waals surface area contributed by atoms with Crippen molar-refractivity contribution in [3.63, 3.8) is 0 Å². The largest absolute Gasteiger partial charge is 0.399 e. The smallest absolute Gasteiger partial charge is 0.223 e. The summed E-state index contributed by atoms with van der Waals surface area (Å²) in [4.78, 5) is 15.4. The molecule has 0 heterocycles. The lowest BCUT2D eigenvalue weighted by Gasteiger charge is -2.21. The first-order valence-electron chi connectivity index (χ1n) is 6.30. The molecule has 0 aliphatic rings. The van der Waals surface area contributed by atoms with E-state index >= 15 is 0 Å². The summed E-state index contributed by atoms with van der Waals surface area (Å²) >= 11 is 0. The van der Waals surface area contributed by atoms with Gasteiger partial charge in [0, 0.05) is 39.3 Å². The van der Waals surface area contributed by atoms with E-state index in [2.05, 4.69) is 17.9 Å². The van der Waals surface area contributed by atoms with Crippen LogP contribution in [0.5, 0.6) is 0 Å². The van der Waals surface area contributed by atoms with Crippen molar-refractivity contribution in [2.45, 2.75) is 19.9 Å². The van der Waals surface area contributed by atoms with E-state index in [4.69, 9.17) is 5.73 Å². The zero-order valence-corrected chi connectivity index (χ0v) is 11.5. The monoisotopic (exact) mass is 249 g/mol. The Kier molecular flexibility index (Phi) is 5.65. The van der Waals surface area contributed by atoms with Gasteiger partial charge in [0.25, 0.3) is 0 Å². The summed E-state index contributed by atoms with van der Waals surface area (Å²) in [6.07, 6.45) is 0.559. The maximum Gasteiger partial charge on any atom is 0.223 e. The van der Waals surface area contributed by atoms with E-state index in [1.807, 2.05) is 18.2 Å². The molecule has 2 N–H and O–H groups in total. The van der Waals surface area contributed by atoms with E-state index in [-0.39, 0.29) is 5.91 Å². The van der Waals surface area contributed by atoms with Crippen LogP contribution < -0.4 is 5.73 Å². The maximum absolute atomic E-state index is 11.5. The van der Waals surface area contributed by atoms with Crippen molar-refractivity contribution in [2.24, 2.45) is 0 Å². The van der Waals surface area contributed by atoms with Crippen LogP contribution in [0.2, 0.25) is 0 Å². The highest BCUT2D eigenvalue weighted by molar-refractivity contribution is 5.75. The summed E-state index contributed by atoms with van der Waals surface area (Å²) in [5.41, 5.74) is 7.73. The Morgan fingerprint density at radius 1 is 1.33 bits per heavy atom. The van der Waals surface area contributed by atoms with Gasteiger partial charge in [-0.15, -0.1) is 0 Å². The molecule has 0 saturated carbocycles. The zero-order chi connectivity index (χ0) is 13.5. The van der Waals surface area contributed by atoms with Gasteiger partial charge < -0.3 is 10.6 Å². The molecule has 0 spiro atoms. The Bertz CT molecular complexity index is 390. The molecule has 4 heteroatoms. The van der Waals surface area contributed by atoms with Crippen LogP contribution >= 0.6 is 0 Å². The van der Waals surface area contributed by atoms with Crippen LogP contribution in [0.4, 0.5) is 5.69 Å². The lowest BCUT2D eigenvalue weighted by Crippen LogP contribution is -2.30. The number of hydrogen-bond acceptors (Lipinski definition) is 3. The number of amides is 1. The summed E-state index contributed by atoms with van der Waals surface area (Å²) in [7, 11) is 3.58. The number of benzene rings is 1. The molecular formula is C14H23N3O. The molecular weight excluding hydrogens is 226 g/mol. The lowest BCUT2D eigenvalue weighted by molar-refractivity contribution is -0.129. The van der Waals surface area contributed by atoms with E-state index in [0.717, 1.165) is 25.3 Å². The normalized spacial score (nSPS) is 10.7. The van der Waals surface area contributed by atoms with Crippen LogP contribution in [-0.4, -0.2) is 42.9 Å². The summed E-state index contributed by atoms with van der Waals surface area (Å²) in [6, 6.07) is 7.89. The van der Waals surface area contributed by atoms with Crippen molar-refractivity contribution in [1.29, 1.82) is 0 Å². The standard InChI is InChI=1S/C14H23N3O/c1-4-17(9-8-14(18)16(2)3)11-12-6-5-7-13(15)10-12/h5-7,10H,4,8-9,11,15H2,1-3H3. The second-order valence-electron chi connectivity index (χ2n) is 4.65. The predicted octanol–water partition coefficient (Wildman–Crippen LogP) is 1.57. The minimum atomic E-state index is 0.168. The van der Waals surface area contributed by atoms with Crippen LogP contribution in [0.25, 0.3) is 0 Å². The highest BCUT2D eigenvalue weighted by atomic mass is 16.2. The molecule has 1 aromatic rings. The number of anilines is 1. The summed E-state index contributed by atoms with van der Waals surface area (Å²) in [5.74, 6) is 0.168. The van der Waals surface area contributed by atoms with Crippen LogP contribution in [-0.2, 0) is 11.3 Å². The quantitative estimate of drug-likeness (QED) is 0.779. The molecule has 0 fully saturated rings. The highest BCUT2D eigenvalue weighted by Crippen LogP contribution is 2.09. The molecule has 0 bridgehead atoms. The summed E-state index contributed by atoms with van der Waals surface area (Å²) < 4.78 is 0. The summed E-state index contributed by atoms with van der Waals surface area (Å²) in [6.45, 7) is 4.65. The molecule has 1 rings (SSSR count). The van der Waals surface area contributed by atoms with Gasteiger partial charge in [0.15, 0.2) is 0 Å². The number of nitrogen functional groups attached to an aromatic ring is 1. The Labute approximate surface area is 109 Å². The van der Waals surface area contributed by atoms with E-state index in [9.17, 15) is 4.79 Å². The molecule has 0 radical (unpaired) electrons. The van der Waals surface area contributed by atoms with Gasteiger partial charge >= 0.3 is 0 Å². The fourth-order valence-corrected chi connectivity index (χ4v) is 1.78. The molecule has 100 valence electrons. The van der Waals surface area contributed by atoms with Crippen molar-refractivity contribution in [1.82, 2.24) is 9.80 Å². The number of carbonyl (C=O) groups is 1. The minimum absolute atomic E-state index is 0.168. The maximum atomic E-state index is 11.5. The number of rotatable bonds is 6. The van der Waals surface area contributed by atoms with Gasteiger partial charge in [-0.3, -0.25) is 9.69 Å². The zero-order valence-electron chi connectivity index (χ0n) is 11.5. The molecule has 4 nitrogen and oxygen atoms in total. The lowest BCUT2D eigenvalue weighted by atomic mass is 10.2. The van der Waals surface area contributed by atoms with Crippen molar-refractivity contribution in [3.8, 4) is 0 Å². The van der Waals surface area contributed by atoms with Crippen molar-refractivity contribution in [2.75, 3.05) is 32.9 Å². The van der Waals surface area contributed by atoms with Crippen LogP contribution in [0, 0.1) is 0 Å². The van der Waals surface area contributed by atoms with Crippen LogP contribution in [0.1, 0.15) is 18.9 Å². The Morgan fingerprint density at radius 2 is 2.06 bits per heavy atom. The van der Waals surface area contributed by atoms with Crippen molar-refractivity contribution in [3.05, 3.63) is 29.8 Å². The first kappa shape index (κ1) is 14.5. The third-order valence-electron chi connectivity index (χ3n) is 2.95. The molecule has 0 saturated heterocycles. The van der Waals surface area contributed by atoms with E-state index in [1.165, 1.54) is 5.56 Å². The van der Waals surface area contributed by atoms with Gasteiger partial charge in [-0.1, -0.05) is 19.1 Å². The SMILES string of the molecule is CCN(CCC(=O)N(C)C)Cc1cccc(N)c1. The first-order valence-corrected chi connectivity index (χ1v) is 6.30. The average molecular weight is 249 g/mol. The molecule has 0 atom stereocenters. The molecule has 1 amide bonds. The van der Waals surface area contributed by atoms with E-state index in [1.54, 1.807) is 19.0 Å². The van der Waals surface area contributed by atoms with Crippen molar-refractivity contribution >= 4 is 11.6 Å². The third kappa shape index (κ3) is 4.75. The molecule has 1 aromatic carbocycles. The van der Waals surface area contributed by atoms with E-state index in [0.29, 0.717) is 6.42 Å². The van der Waals surface area contributed by atoms with Gasteiger partial charge in [0.2, 0.25) is 5.91 Å². The van der Waals surface area contributed by atoms with Gasteiger partial charge in [-0.2, -0.15) is 0 Å². The Balaban J connectivity index is 2.49. The first-order chi connectivity index (χ1) is 8.52. The van der Waals surface area contributed by atoms with Gasteiger partial charge in [-0.25, -0.2) is 0 Å².